The minimum Gasteiger partial charge on any atom is -0.462 e. The van der Waals surface area contributed by atoms with E-state index < -0.39 is 18.6 Å². The molecule has 0 heterocycles. The Hall–Kier alpha value is -0.650. The summed E-state index contributed by atoms with van der Waals surface area (Å²) in [6.07, 6.45) is 0. The third-order valence-electron chi connectivity index (χ3n) is 1.18. The maximum Gasteiger partial charge on any atom is 0.325 e. The number of hydrogen-bond donors (Lipinski definition) is 2. The Kier molecular flexibility index (Phi) is 6.64. The molecule has 0 aromatic rings. The van der Waals surface area contributed by atoms with Gasteiger partial charge in [0.05, 0.1) is 13.2 Å². The number of aliphatic hydroxyl groups excluding tert-OH is 1. The van der Waals surface area contributed by atoms with Gasteiger partial charge in [0.25, 0.3) is 0 Å². The molecule has 0 amide bonds. The number of carbonyl (C=O) groups is 1. The summed E-state index contributed by atoms with van der Waals surface area (Å²) in [6.45, 7) is 2.58. The highest BCUT2D eigenvalue weighted by molar-refractivity contribution is 5.75. The van der Waals surface area contributed by atoms with Crippen molar-refractivity contribution in [2.45, 2.75) is 13.0 Å². The molecule has 12 heavy (non-hydrogen) atoms. The van der Waals surface area contributed by atoms with Gasteiger partial charge in [-0.3, -0.25) is 4.79 Å². The largest absolute Gasteiger partial charge is 0.462 e. The maximum atomic E-state index is 10.8. The maximum absolute atomic E-state index is 10.8. The first kappa shape index (κ1) is 11.4. The second-order valence-corrected chi connectivity index (χ2v) is 2.15. The monoisotopic (exact) mass is 177 g/mol. The smallest absolute Gasteiger partial charge is 0.325 e. The van der Waals surface area contributed by atoms with Crippen molar-refractivity contribution in [3.63, 3.8) is 0 Å². The van der Waals surface area contributed by atoms with Gasteiger partial charge in [-0.1, -0.05) is 0 Å². The van der Waals surface area contributed by atoms with Gasteiger partial charge in [0.15, 0.2) is 0 Å². The van der Waals surface area contributed by atoms with Gasteiger partial charge in [-0.15, -0.1) is 0 Å². The highest BCUT2D eigenvalue weighted by Crippen LogP contribution is 1.84. The molecule has 0 rings (SSSR count). The zero-order valence-corrected chi connectivity index (χ0v) is 7.16. The van der Waals surface area contributed by atoms with Crippen LogP contribution in [0.25, 0.3) is 0 Å². The molecule has 0 radical (unpaired) electrons. The van der Waals surface area contributed by atoms with Gasteiger partial charge in [0.2, 0.25) is 0 Å². The Balaban J connectivity index is 3.31. The molecule has 0 saturated carbocycles. The first-order valence-electron chi connectivity index (χ1n) is 3.83. The first-order chi connectivity index (χ1) is 5.72. The third-order valence-corrected chi connectivity index (χ3v) is 1.18. The molecule has 5 heteroatoms. The van der Waals surface area contributed by atoms with E-state index in [-0.39, 0.29) is 6.61 Å². The molecule has 0 unspecified atom stereocenters. The van der Waals surface area contributed by atoms with Crippen LogP contribution in [-0.2, 0) is 14.3 Å². The van der Waals surface area contributed by atoms with Crippen molar-refractivity contribution < 1.29 is 19.4 Å². The molecular formula is C7H15NO4. The van der Waals surface area contributed by atoms with Crippen molar-refractivity contribution in [2.75, 3.05) is 26.4 Å². The van der Waals surface area contributed by atoms with Gasteiger partial charge in [0.1, 0.15) is 12.6 Å². The second-order valence-electron chi connectivity index (χ2n) is 2.15. The second kappa shape index (κ2) is 7.02. The molecule has 0 aromatic carbocycles. The Morgan fingerprint density at radius 1 is 1.58 bits per heavy atom. The summed E-state index contributed by atoms with van der Waals surface area (Å²) < 4.78 is 9.56. The van der Waals surface area contributed by atoms with Crippen molar-refractivity contribution in [1.82, 2.24) is 0 Å². The van der Waals surface area contributed by atoms with Crippen LogP contribution in [0.15, 0.2) is 0 Å². The number of nitrogens with two attached hydrogens (primary N) is 1. The van der Waals surface area contributed by atoms with Gasteiger partial charge >= 0.3 is 5.97 Å². The van der Waals surface area contributed by atoms with E-state index >= 15 is 0 Å². The molecule has 3 N–H and O–H groups in total. The van der Waals surface area contributed by atoms with E-state index in [0.717, 1.165) is 0 Å². The lowest BCUT2D eigenvalue weighted by molar-refractivity contribution is -0.147. The average molecular weight is 177 g/mol. The Labute approximate surface area is 71.5 Å². The molecule has 0 spiro atoms. The van der Waals surface area contributed by atoms with Crippen LogP contribution in [-0.4, -0.2) is 43.5 Å². The van der Waals surface area contributed by atoms with Gasteiger partial charge in [-0.2, -0.15) is 0 Å². The number of aliphatic hydroxyl groups is 1. The van der Waals surface area contributed by atoms with E-state index in [9.17, 15) is 4.79 Å². The summed E-state index contributed by atoms with van der Waals surface area (Å²) in [4.78, 5) is 10.8. The van der Waals surface area contributed by atoms with Crippen LogP contribution in [0.4, 0.5) is 0 Å². The van der Waals surface area contributed by atoms with Gasteiger partial charge in [-0.05, 0) is 6.92 Å². The highest BCUT2D eigenvalue weighted by atomic mass is 16.6. The molecular weight excluding hydrogens is 162 g/mol. The zero-order chi connectivity index (χ0) is 9.40. The Bertz CT molecular complexity index is 129. The van der Waals surface area contributed by atoms with E-state index in [4.69, 9.17) is 15.6 Å². The topological polar surface area (TPSA) is 81.8 Å². The van der Waals surface area contributed by atoms with Gasteiger partial charge in [-0.25, -0.2) is 0 Å². The van der Waals surface area contributed by atoms with Gasteiger partial charge < -0.3 is 20.3 Å². The van der Waals surface area contributed by atoms with Crippen LogP contribution >= 0.6 is 0 Å². The van der Waals surface area contributed by atoms with Crippen molar-refractivity contribution in [3.8, 4) is 0 Å². The number of carbonyl (C=O) groups excluding carboxylic acids is 1. The fourth-order valence-corrected chi connectivity index (χ4v) is 0.527. The lowest BCUT2D eigenvalue weighted by Gasteiger charge is -2.08. The van der Waals surface area contributed by atoms with Crippen LogP contribution in [0.2, 0.25) is 0 Å². The van der Waals surface area contributed by atoms with Crippen LogP contribution in [0, 0.1) is 0 Å². The van der Waals surface area contributed by atoms with Crippen LogP contribution in [0.5, 0.6) is 0 Å². The SMILES string of the molecule is CCOCCOC(=O)[C@@H](N)CO. The summed E-state index contributed by atoms with van der Waals surface area (Å²) in [7, 11) is 0. The zero-order valence-electron chi connectivity index (χ0n) is 7.16. The van der Waals surface area contributed by atoms with E-state index in [2.05, 4.69) is 4.74 Å². The summed E-state index contributed by atoms with van der Waals surface area (Å²) >= 11 is 0. The minimum absolute atomic E-state index is 0.181. The summed E-state index contributed by atoms with van der Waals surface area (Å²) in [5, 5.41) is 8.45. The first-order valence-corrected chi connectivity index (χ1v) is 3.83. The summed E-state index contributed by atoms with van der Waals surface area (Å²) in [5.74, 6) is -0.600. The summed E-state index contributed by atoms with van der Waals surface area (Å²) in [6, 6.07) is -0.938. The fourth-order valence-electron chi connectivity index (χ4n) is 0.527. The van der Waals surface area contributed by atoms with E-state index in [1.165, 1.54) is 0 Å². The Morgan fingerprint density at radius 3 is 2.75 bits per heavy atom. The molecule has 1 atom stereocenters. The van der Waals surface area contributed by atoms with Crippen LogP contribution < -0.4 is 5.73 Å². The molecule has 0 aliphatic rings. The number of hydrogen-bond acceptors (Lipinski definition) is 5. The van der Waals surface area contributed by atoms with Crippen molar-refractivity contribution in [1.29, 1.82) is 0 Å². The summed E-state index contributed by atoms with van der Waals surface area (Å²) in [5.41, 5.74) is 5.17. The molecule has 0 aliphatic heterocycles. The van der Waals surface area contributed by atoms with Crippen LogP contribution in [0.1, 0.15) is 6.92 Å². The van der Waals surface area contributed by atoms with Crippen molar-refractivity contribution >= 4 is 5.97 Å². The standard InChI is InChI=1S/C7H15NO4/c1-2-11-3-4-12-7(10)6(8)5-9/h6,9H,2-5,8H2,1H3/t6-/m0/s1. The van der Waals surface area contributed by atoms with Crippen LogP contribution in [0.3, 0.4) is 0 Å². The Morgan fingerprint density at radius 2 is 2.25 bits per heavy atom. The molecule has 0 saturated heterocycles. The molecule has 0 fully saturated rings. The predicted molar refractivity (Wildman–Crippen MR) is 42.5 cm³/mol. The van der Waals surface area contributed by atoms with E-state index in [1.807, 2.05) is 6.92 Å². The molecule has 72 valence electrons. The van der Waals surface area contributed by atoms with Crippen molar-refractivity contribution in [3.05, 3.63) is 0 Å². The van der Waals surface area contributed by atoms with Crippen molar-refractivity contribution in [2.24, 2.45) is 5.73 Å². The number of esters is 1. The molecule has 0 aliphatic carbocycles. The number of ether oxygens (including phenoxy) is 2. The van der Waals surface area contributed by atoms with Gasteiger partial charge in [0, 0.05) is 6.61 Å². The minimum atomic E-state index is -0.938. The normalized spacial score (nSPS) is 12.6. The lowest BCUT2D eigenvalue weighted by atomic mass is 10.3. The quantitative estimate of drug-likeness (QED) is 0.397. The lowest BCUT2D eigenvalue weighted by Crippen LogP contribution is -2.36. The number of rotatable bonds is 6. The fraction of sp³-hybridized carbons (Fsp3) is 0.857. The molecule has 0 aromatic heterocycles. The molecule has 5 nitrogen and oxygen atoms in total. The predicted octanol–water partition coefficient (Wildman–Crippen LogP) is -1.11. The molecule has 0 bridgehead atoms. The average Bonchev–Trinajstić information content (AvgIpc) is 2.10. The highest BCUT2D eigenvalue weighted by Gasteiger charge is 2.12. The third kappa shape index (κ3) is 5.06. The van der Waals surface area contributed by atoms with E-state index in [1.54, 1.807) is 0 Å². The van der Waals surface area contributed by atoms with E-state index in [0.29, 0.717) is 13.2 Å².